The molecule has 1 aliphatic heterocycles. The smallest absolute Gasteiger partial charge is 0.244 e. The molecule has 0 N–H and O–H groups in total. The second kappa shape index (κ2) is 5.03. The molecule has 4 nitrogen and oxygen atoms in total. The highest BCUT2D eigenvalue weighted by Gasteiger charge is 2.38. The topological polar surface area (TPSA) is 47.3 Å². The van der Waals surface area contributed by atoms with E-state index in [1.165, 1.54) is 0 Å². The zero-order valence-electron chi connectivity index (χ0n) is 12.3. The second-order valence-electron chi connectivity index (χ2n) is 6.00. The van der Waals surface area contributed by atoms with Gasteiger partial charge in [-0.3, -0.25) is 14.8 Å². The van der Waals surface area contributed by atoms with Crippen LogP contribution in [0.4, 0.5) is 5.69 Å². The Morgan fingerprint density at radius 3 is 2.59 bits per heavy atom. The zero-order valence-corrected chi connectivity index (χ0v) is 12.3. The van der Waals surface area contributed by atoms with E-state index < -0.39 is 0 Å². The van der Waals surface area contributed by atoms with E-state index in [1.54, 1.807) is 0 Å². The van der Waals surface area contributed by atoms with Gasteiger partial charge in [0.05, 0.1) is 17.3 Å². The van der Waals surface area contributed by atoms with Gasteiger partial charge < -0.3 is 0 Å². The van der Waals surface area contributed by atoms with Gasteiger partial charge in [-0.2, -0.15) is 5.26 Å². The lowest BCUT2D eigenvalue weighted by molar-refractivity contribution is -0.132. The SMILES string of the molecule is N#Cc1ccc(N2CCCN2C(=O)C2CC2)c2ccccc12. The minimum Gasteiger partial charge on any atom is -0.282 e. The van der Waals surface area contributed by atoms with E-state index in [4.69, 9.17) is 0 Å². The monoisotopic (exact) mass is 291 g/mol. The van der Waals surface area contributed by atoms with Crippen molar-refractivity contribution < 1.29 is 4.79 Å². The lowest BCUT2D eigenvalue weighted by atomic mass is 10.0. The summed E-state index contributed by atoms with van der Waals surface area (Å²) in [6.45, 7) is 1.65. The van der Waals surface area contributed by atoms with Gasteiger partial charge in [0.2, 0.25) is 5.91 Å². The molecule has 0 aromatic heterocycles. The van der Waals surface area contributed by atoms with Gasteiger partial charge in [0.15, 0.2) is 0 Å². The van der Waals surface area contributed by atoms with Crippen LogP contribution in [0, 0.1) is 17.2 Å². The third-order valence-electron chi connectivity index (χ3n) is 4.51. The van der Waals surface area contributed by atoms with E-state index in [-0.39, 0.29) is 11.8 Å². The Balaban J connectivity index is 1.80. The molecule has 0 radical (unpaired) electrons. The van der Waals surface area contributed by atoms with Crippen molar-refractivity contribution in [3.05, 3.63) is 42.0 Å². The van der Waals surface area contributed by atoms with Crippen LogP contribution in [-0.2, 0) is 4.79 Å². The largest absolute Gasteiger partial charge is 0.282 e. The minimum absolute atomic E-state index is 0.227. The first kappa shape index (κ1) is 13.1. The van der Waals surface area contributed by atoms with Gasteiger partial charge in [0.1, 0.15) is 0 Å². The summed E-state index contributed by atoms with van der Waals surface area (Å²) in [5.74, 6) is 0.483. The number of nitrogens with zero attached hydrogens (tertiary/aromatic N) is 3. The van der Waals surface area contributed by atoms with Crippen molar-refractivity contribution in [1.29, 1.82) is 5.26 Å². The fraction of sp³-hybridized carbons (Fsp3) is 0.333. The summed E-state index contributed by atoms with van der Waals surface area (Å²) < 4.78 is 0. The molecule has 2 fully saturated rings. The summed E-state index contributed by atoms with van der Waals surface area (Å²) in [7, 11) is 0. The Hall–Kier alpha value is -2.54. The summed E-state index contributed by atoms with van der Waals surface area (Å²) in [6.07, 6.45) is 3.04. The highest BCUT2D eigenvalue weighted by atomic mass is 16.2. The predicted octanol–water partition coefficient (Wildman–Crippen LogP) is 3.08. The van der Waals surface area contributed by atoms with Crippen LogP contribution >= 0.6 is 0 Å². The molecular formula is C18H17N3O. The van der Waals surface area contributed by atoms with Gasteiger partial charge in [0.25, 0.3) is 0 Å². The van der Waals surface area contributed by atoms with E-state index >= 15 is 0 Å². The molecule has 1 saturated heterocycles. The lowest BCUT2D eigenvalue weighted by Crippen LogP contribution is -2.42. The fourth-order valence-corrected chi connectivity index (χ4v) is 3.24. The van der Waals surface area contributed by atoms with E-state index in [0.29, 0.717) is 5.56 Å². The molecule has 0 spiro atoms. The standard InChI is InChI=1S/C18H17N3O/c19-12-14-8-9-17(16-5-2-1-4-15(14)16)20-10-3-11-21(20)18(22)13-6-7-13/h1-2,4-5,8-9,13H,3,6-7,10-11H2. The minimum atomic E-state index is 0.227. The van der Waals surface area contributed by atoms with Crippen molar-refractivity contribution in [3.8, 4) is 6.07 Å². The van der Waals surface area contributed by atoms with Crippen LogP contribution < -0.4 is 5.01 Å². The van der Waals surface area contributed by atoms with Crippen molar-refractivity contribution in [1.82, 2.24) is 5.01 Å². The number of carbonyl (C=O) groups is 1. The number of hydrogen-bond donors (Lipinski definition) is 0. The Labute approximate surface area is 129 Å². The molecule has 1 amide bonds. The van der Waals surface area contributed by atoms with Crippen molar-refractivity contribution >= 4 is 22.4 Å². The quantitative estimate of drug-likeness (QED) is 0.854. The van der Waals surface area contributed by atoms with Crippen molar-refractivity contribution in [2.45, 2.75) is 19.3 Å². The Morgan fingerprint density at radius 1 is 1.09 bits per heavy atom. The number of hydrogen-bond acceptors (Lipinski definition) is 3. The molecule has 0 atom stereocenters. The summed E-state index contributed by atoms with van der Waals surface area (Å²) in [5, 5.41) is 15.3. The number of hydrazine groups is 1. The van der Waals surface area contributed by atoms with E-state index in [2.05, 4.69) is 11.1 Å². The molecule has 22 heavy (non-hydrogen) atoms. The van der Waals surface area contributed by atoms with Gasteiger partial charge >= 0.3 is 0 Å². The molecule has 2 aromatic carbocycles. The Kier molecular flexibility index (Phi) is 3.00. The summed E-state index contributed by atoms with van der Waals surface area (Å²) in [5.41, 5.74) is 1.71. The number of carbonyl (C=O) groups excluding carboxylic acids is 1. The molecule has 4 heteroatoms. The molecule has 2 aromatic rings. The third-order valence-corrected chi connectivity index (χ3v) is 4.51. The maximum atomic E-state index is 12.5. The van der Waals surface area contributed by atoms with E-state index in [1.807, 2.05) is 41.4 Å². The molecular weight excluding hydrogens is 274 g/mol. The third kappa shape index (κ3) is 2.01. The molecule has 0 unspecified atom stereocenters. The van der Waals surface area contributed by atoms with Crippen LogP contribution in [0.1, 0.15) is 24.8 Å². The number of benzene rings is 2. The summed E-state index contributed by atoms with van der Waals surface area (Å²) >= 11 is 0. The van der Waals surface area contributed by atoms with Crippen LogP contribution in [0.15, 0.2) is 36.4 Å². The normalized spacial score (nSPS) is 17.8. The Bertz CT molecular complexity index is 789. The molecule has 1 saturated carbocycles. The number of rotatable bonds is 2. The van der Waals surface area contributed by atoms with Crippen LogP contribution in [0.2, 0.25) is 0 Å². The first-order valence-electron chi connectivity index (χ1n) is 7.80. The first-order chi connectivity index (χ1) is 10.8. The molecule has 1 aliphatic carbocycles. The Morgan fingerprint density at radius 2 is 1.86 bits per heavy atom. The molecule has 2 aliphatic rings. The van der Waals surface area contributed by atoms with Gasteiger partial charge in [-0.1, -0.05) is 24.3 Å². The number of fused-ring (bicyclic) bond motifs is 1. The first-order valence-corrected chi connectivity index (χ1v) is 7.80. The van der Waals surface area contributed by atoms with Crippen LogP contribution in [0.3, 0.4) is 0 Å². The van der Waals surface area contributed by atoms with E-state index in [9.17, 15) is 10.1 Å². The number of amides is 1. The fourth-order valence-electron chi connectivity index (χ4n) is 3.24. The van der Waals surface area contributed by atoms with Crippen molar-refractivity contribution in [2.75, 3.05) is 18.1 Å². The molecule has 0 bridgehead atoms. The van der Waals surface area contributed by atoms with Gasteiger partial charge in [-0.15, -0.1) is 0 Å². The number of nitriles is 1. The average Bonchev–Trinajstić information content (AvgIpc) is 3.30. The maximum Gasteiger partial charge on any atom is 0.244 e. The highest BCUT2D eigenvalue weighted by molar-refractivity contribution is 5.98. The number of anilines is 1. The highest BCUT2D eigenvalue weighted by Crippen LogP contribution is 2.36. The van der Waals surface area contributed by atoms with Gasteiger partial charge in [0, 0.05) is 29.8 Å². The lowest BCUT2D eigenvalue weighted by Gasteiger charge is -2.31. The second-order valence-corrected chi connectivity index (χ2v) is 6.00. The molecule has 110 valence electrons. The van der Waals surface area contributed by atoms with Gasteiger partial charge in [-0.25, -0.2) is 0 Å². The summed E-state index contributed by atoms with van der Waals surface area (Å²) in [4.78, 5) is 12.5. The maximum absolute atomic E-state index is 12.5. The summed E-state index contributed by atoms with van der Waals surface area (Å²) in [6, 6.07) is 14.0. The van der Waals surface area contributed by atoms with Crippen molar-refractivity contribution in [2.24, 2.45) is 5.92 Å². The van der Waals surface area contributed by atoms with Crippen LogP contribution in [0.25, 0.3) is 10.8 Å². The average molecular weight is 291 g/mol. The van der Waals surface area contributed by atoms with E-state index in [0.717, 1.165) is 48.8 Å². The van der Waals surface area contributed by atoms with Crippen LogP contribution in [0.5, 0.6) is 0 Å². The zero-order chi connectivity index (χ0) is 15.1. The van der Waals surface area contributed by atoms with Gasteiger partial charge in [-0.05, 0) is 31.4 Å². The molecule has 1 heterocycles. The van der Waals surface area contributed by atoms with Crippen LogP contribution in [-0.4, -0.2) is 24.0 Å². The predicted molar refractivity (Wildman–Crippen MR) is 85.1 cm³/mol. The molecule has 4 rings (SSSR count). The van der Waals surface area contributed by atoms with Crippen molar-refractivity contribution in [3.63, 3.8) is 0 Å².